The Morgan fingerprint density at radius 2 is 0.789 bits per heavy atom. The van der Waals surface area contributed by atoms with Crippen LogP contribution in [0.1, 0.15) is 6.42 Å². The summed E-state index contributed by atoms with van der Waals surface area (Å²) in [6.45, 7) is 0. The molecule has 2 unspecified atom stereocenters. The summed E-state index contributed by atoms with van der Waals surface area (Å²) in [4.78, 5) is 0. The van der Waals surface area contributed by atoms with Crippen molar-refractivity contribution >= 4 is 43.6 Å². The third kappa shape index (κ3) is 14.8. The summed E-state index contributed by atoms with van der Waals surface area (Å²) >= 11 is 9.61. The molecule has 0 N–H and O–H groups in total. The molecule has 124 valence electrons. The average Bonchev–Trinajstić information content (AvgIpc) is 1.64. The van der Waals surface area contributed by atoms with Gasteiger partial charge >= 0.3 is 0 Å². The first-order chi connectivity index (χ1) is 7.45. The molecule has 0 aromatic carbocycles. The predicted octanol–water partition coefficient (Wildman–Crippen LogP) is 7.19. The summed E-state index contributed by atoms with van der Waals surface area (Å²) < 4.78 is 119. The summed E-state index contributed by atoms with van der Waals surface area (Å²) in [5, 5.41) is -5.06. The Morgan fingerprint density at radius 3 is 0.947 bits per heavy atom. The highest BCUT2D eigenvalue weighted by molar-refractivity contribution is 8.46. The lowest BCUT2D eigenvalue weighted by atomic mass is 10.3. The van der Waals surface area contributed by atoms with Crippen LogP contribution in [0.5, 0.6) is 0 Å². The summed E-state index contributed by atoms with van der Waals surface area (Å²) in [6, 6.07) is 0. The van der Waals surface area contributed by atoms with Gasteiger partial charge in [-0.15, -0.1) is 23.2 Å². The van der Waals surface area contributed by atoms with Crippen molar-refractivity contribution in [1.29, 1.82) is 0 Å². The molecule has 0 amide bonds. The Hall–Kier alpha value is 0.580. The lowest BCUT2D eigenvalue weighted by Crippen LogP contribution is -2.27. The van der Waals surface area contributed by atoms with Crippen molar-refractivity contribution in [2.24, 2.45) is 0 Å². The first-order valence-electron chi connectivity index (χ1n) is 4.19. The smallest absolute Gasteiger partial charge is 0.122 e. The molecular weight excluding hydrogens is 385 g/mol. The van der Waals surface area contributed by atoms with E-state index in [0.29, 0.717) is 0 Å². The quantitative estimate of drug-likeness (QED) is 0.331. The number of halogens is 12. The van der Waals surface area contributed by atoms with Gasteiger partial charge in [-0.3, -0.25) is 0 Å². The fraction of sp³-hybridized carbons (Fsp3) is 1.00. The van der Waals surface area contributed by atoms with Crippen LogP contribution in [0, 0.1) is 0 Å². The van der Waals surface area contributed by atoms with Crippen LogP contribution < -0.4 is 0 Å². The molecule has 0 radical (unpaired) electrons. The van der Waals surface area contributed by atoms with Crippen LogP contribution in [0.15, 0.2) is 0 Å². The van der Waals surface area contributed by atoms with Crippen molar-refractivity contribution in [1.82, 2.24) is 0 Å². The highest BCUT2D eigenvalue weighted by Crippen LogP contribution is 2.99. The van der Waals surface area contributed by atoms with Gasteiger partial charge < -0.3 is 0 Å². The van der Waals surface area contributed by atoms with Gasteiger partial charge in [0.05, 0.1) is 10.8 Å². The van der Waals surface area contributed by atoms with E-state index >= 15 is 0 Å². The van der Waals surface area contributed by atoms with Crippen LogP contribution in [0.2, 0.25) is 0 Å². The van der Waals surface area contributed by atoms with Gasteiger partial charge in [-0.1, -0.05) is 38.9 Å². The molecule has 0 aliphatic rings. The lowest BCUT2D eigenvalue weighted by molar-refractivity contribution is 0.360. The minimum absolute atomic E-state index is 1.49. The SMILES string of the molecule is FS(F)(F)(F)(F)CC(Cl)CC(Cl)CS(F)(F)(F)(F)F. The molecule has 0 bridgehead atoms. The van der Waals surface area contributed by atoms with Gasteiger partial charge in [0.25, 0.3) is 20.4 Å². The highest BCUT2D eigenvalue weighted by Gasteiger charge is 2.66. The van der Waals surface area contributed by atoms with Gasteiger partial charge in [-0.2, -0.15) is 0 Å². The fourth-order valence-corrected chi connectivity index (χ4v) is 4.69. The summed E-state index contributed by atoms with van der Waals surface area (Å²) in [5.41, 5.74) is 0. The molecule has 0 aliphatic heterocycles. The maximum Gasteiger partial charge on any atom is 0.287 e. The molecule has 0 fully saturated rings. The van der Waals surface area contributed by atoms with Crippen molar-refractivity contribution in [2.45, 2.75) is 17.2 Å². The molecule has 0 aromatic rings. The van der Waals surface area contributed by atoms with Gasteiger partial charge in [0.1, 0.15) is 11.5 Å². The van der Waals surface area contributed by atoms with Crippen LogP contribution in [-0.4, -0.2) is 22.3 Å². The molecule has 2 atom stereocenters. The van der Waals surface area contributed by atoms with Gasteiger partial charge in [0, 0.05) is 0 Å². The zero-order chi connectivity index (χ0) is 16.1. The van der Waals surface area contributed by atoms with E-state index in [-0.39, 0.29) is 0 Å². The molecule has 19 heavy (non-hydrogen) atoms. The summed E-state index contributed by atoms with van der Waals surface area (Å²) in [7, 11) is -19.9. The molecule has 0 aliphatic carbocycles. The topological polar surface area (TPSA) is 0 Å². The minimum Gasteiger partial charge on any atom is -0.122 e. The van der Waals surface area contributed by atoms with E-state index in [9.17, 15) is 38.9 Å². The van der Waals surface area contributed by atoms with Gasteiger partial charge in [0.15, 0.2) is 0 Å². The number of hydrogen-bond donors (Lipinski definition) is 0. The monoisotopic (exact) mass is 392 g/mol. The van der Waals surface area contributed by atoms with Crippen LogP contribution in [0.4, 0.5) is 38.9 Å². The Kier molecular flexibility index (Phi) is 3.78. The Morgan fingerprint density at radius 1 is 0.579 bits per heavy atom. The van der Waals surface area contributed by atoms with E-state index in [4.69, 9.17) is 23.2 Å². The van der Waals surface area contributed by atoms with Crippen molar-refractivity contribution in [2.75, 3.05) is 11.5 Å². The van der Waals surface area contributed by atoms with Crippen molar-refractivity contribution in [3.05, 3.63) is 0 Å². The first-order valence-corrected chi connectivity index (χ1v) is 9.30. The number of rotatable bonds is 6. The van der Waals surface area contributed by atoms with Crippen molar-refractivity contribution in [3.63, 3.8) is 0 Å². The largest absolute Gasteiger partial charge is 0.287 e. The molecule has 0 rings (SSSR count). The third-order valence-corrected chi connectivity index (χ3v) is 4.60. The Balaban J connectivity index is 4.68. The highest BCUT2D eigenvalue weighted by atomic mass is 35.5. The molecule has 0 spiro atoms. The second kappa shape index (κ2) is 3.67. The molecule has 0 saturated heterocycles. The normalized spacial score (nSPS) is 24.6. The third-order valence-electron chi connectivity index (χ3n) is 1.50. The summed E-state index contributed by atoms with van der Waals surface area (Å²) in [6.07, 6.45) is -1.49. The standard InChI is InChI=1S/C5H8Cl2F10S2/c6-4(2-18(8,9,10,11)12)1-5(7)3-19(13,14,15,16)17/h4-5H,1-3H2. The summed E-state index contributed by atoms with van der Waals surface area (Å²) in [5.74, 6) is -5.74. The average molecular weight is 393 g/mol. The molecule has 0 heterocycles. The fourth-order valence-electron chi connectivity index (χ4n) is 1.10. The maximum atomic E-state index is 11.9. The molecule has 0 aromatic heterocycles. The van der Waals surface area contributed by atoms with Gasteiger partial charge in [-0.05, 0) is 6.42 Å². The second-order valence-electron chi connectivity index (χ2n) is 4.02. The van der Waals surface area contributed by atoms with E-state index in [2.05, 4.69) is 0 Å². The molecule has 14 heteroatoms. The Labute approximate surface area is 111 Å². The van der Waals surface area contributed by atoms with Crippen LogP contribution >= 0.6 is 43.6 Å². The van der Waals surface area contributed by atoms with Crippen LogP contribution in [0.25, 0.3) is 0 Å². The lowest BCUT2D eigenvalue weighted by Gasteiger charge is -2.43. The maximum absolute atomic E-state index is 11.9. The molecule has 0 nitrogen and oxygen atoms in total. The van der Waals surface area contributed by atoms with E-state index < -0.39 is 49.1 Å². The van der Waals surface area contributed by atoms with Crippen molar-refractivity contribution in [3.8, 4) is 0 Å². The van der Waals surface area contributed by atoms with Crippen molar-refractivity contribution < 1.29 is 38.9 Å². The minimum atomic E-state index is -9.93. The second-order valence-corrected chi connectivity index (χ2v) is 10.4. The van der Waals surface area contributed by atoms with E-state index in [0.717, 1.165) is 0 Å². The molecule has 0 saturated carbocycles. The number of alkyl halides is 2. The van der Waals surface area contributed by atoms with Crippen LogP contribution in [0.3, 0.4) is 0 Å². The first kappa shape index (κ1) is 19.6. The Bertz CT molecular complexity index is 316. The van der Waals surface area contributed by atoms with Gasteiger partial charge in [-0.25, -0.2) is 0 Å². The number of hydrogen-bond acceptors (Lipinski definition) is 0. The van der Waals surface area contributed by atoms with E-state index in [1.807, 2.05) is 0 Å². The van der Waals surface area contributed by atoms with Gasteiger partial charge in [0.2, 0.25) is 0 Å². The predicted molar refractivity (Wildman–Crippen MR) is 59.9 cm³/mol. The molecular formula is C5H8Cl2F10S2. The van der Waals surface area contributed by atoms with E-state index in [1.165, 1.54) is 0 Å². The van der Waals surface area contributed by atoms with E-state index in [1.54, 1.807) is 0 Å². The zero-order valence-electron chi connectivity index (χ0n) is 8.63. The van der Waals surface area contributed by atoms with Crippen LogP contribution in [-0.2, 0) is 0 Å². The zero-order valence-corrected chi connectivity index (χ0v) is 11.8.